The molecule has 220 valence electrons. The van der Waals surface area contributed by atoms with Gasteiger partial charge in [-0.1, -0.05) is 109 Å². The van der Waals surface area contributed by atoms with Gasteiger partial charge in [0.25, 0.3) is 0 Å². The van der Waals surface area contributed by atoms with Gasteiger partial charge in [-0.25, -0.2) is 9.97 Å². The van der Waals surface area contributed by atoms with E-state index in [1.165, 1.54) is 42.1 Å². The molecule has 0 atom stereocenters. The summed E-state index contributed by atoms with van der Waals surface area (Å²) in [5, 5.41) is 5.03. The predicted molar refractivity (Wildman–Crippen MR) is 197 cm³/mol. The van der Waals surface area contributed by atoms with Crippen LogP contribution in [0.3, 0.4) is 0 Å². The Bertz CT molecular complexity index is 2510. The van der Waals surface area contributed by atoms with Crippen LogP contribution in [0, 0.1) is 0 Å². The molecule has 0 N–H and O–H groups in total. The van der Waals surface area contributed by atoms with Gasteiger partial charge in [-0.3, -0.25) is 4.98 Å². The molecule has 0 saturated carbocycles. The molecule has 0 aliphatic heterocycles. The molecular weight excluding hydrogens is 591 g/mol. The van der Waals surface area contributed by atoms with Crippen LogP contribution in [-0.4, -0.2) is 15.0 Å². The number of pyridine rings is 1. The maximum Gasteiger partial charge on any atom is 0.160 e. The van der Waals surface area contributed by atoms with E-state index in [4.69, 9.17) is 9.97 Å². The van der Waals surface area contributed by atoms with Crippen molar-refractivity contribution in [1.82, 2.24) is 15.0 Å². The summed E-state index contributed by atoms with van der Waals surface area (Å²) >= 11 is 1.86. The summed E-state index contributed by atoms with van der Waals surface area (Å²) in [4.78, 5) is 14.5. The summed E-state index contributed by atoms with van der Waals surface area (Å²) in [6, 6.07) is 53.8. The summed E-state index contributed by atoms with van der Waals surface area (Å²) in [6.07, 6.45) is 3.62. The third-order valence-electron chi connectivity index (χ3n) is 8.78. The quantitative estimate of drug-likeness (QED) is 0.193. The van der Waals surface area contributed by atoms with Crippen molar-refractivity contribution in [1.29, 1.82) is 0 Å². The Morgan fingerprint density at radius 1 is 0.404 bits per heavy atom. The third kappa shape index (κ3) is 4.96. The number of nitrogens with zero attached hydrogens (tertiary/aromatic N) is 3. The molecule has 9 rings (SSSR count). The molecule has 0 amide bonds. The zero-order chi connectivity index (χ0) is 31.2. The highest BCUT2D eigenvalue weighted by molar-refractivity contribution is 7.26. The van der Waals surface area contributed by atoms with Crippen molar-refractivity contribution in [3.8, 4) is 56.2 Å². The van der Waals surface area contributed by atoms with Gasteiger partial charge >= 0.3 is 0 Å². The molecule has 0 aliphatic carbocycles. The van der Waals surface area contributed by atoms with Crippen LogP contribution in [0.4, 0.5) is 0 Å². The Balaban J connectivity index is 1.33. The predicted octanol–water partition coefficient (Wildman–Crippen LogP) is 11.7. The van der Waals surface area contributed by atoms with E-state index in [-0.39, 0.29) is 0 Å². The van der Waals surface area contributed by atoms with Gasteiger partial charge in [-0.2, -0.15) is 0 Å². The molecule has 0 bridgehead atoms. The molecule has 9 aromatic rings. The van der Waals surface area contributed by atoms with E-state index in [0.29, 0.717) is 5.82 Å². The Kier molecular flexibility index (Phi) is 6.65. The molecule has 3 aromatic heterocycles. The highest BCUT2D eigenvalue weighted by atomic mass is 32.1. The Hall–Kier alpha value is -5.97. The number of aromatic nitrogens is 3. The number of thiophene rings is 1. The Labute approximate surface area is 276 Å². The molecule has 0 fully saturated rings. The number of fused-ring (bicyclic) bond motifs is 4. The van der Waals surface area contributed by atoms with Gasteiger partial charge in [-0.05, 0) is 75.5 Å². The fraction of sp³-hybridized carbons (Fsp3) is 0. The fourth-order valence-electron chi connectivity index (χ4n) is 6.52. The van der Waals surface area contributed by atoms with Gasteiger partial charge in [0.05, 0.1) is 11.4 Å². The highest BCUT2D eigenvalue weighted by Crippen LogP contribution is 2.42. The van der Waals surface area contributed by atoms with Gasteiger partial charge in [-0.15, -0.1) is 11.3 Å². The second kappa shape index (κ2) is 11.4. The number of hydrogen-bond donors (Lipinski definition) is 0. The van der Waals surface area contributed by atoms with Gasteiger partial charge in [0, 0.05) is 49.3 Å². The smallest absolute Gasteiger partial charge is 0.160 e. The first-order chi connectivity index (χ1) is 23.3. The van der Waals surface area contributed by atoms with Gasteiger partial charge in [0.2, 0.25) is 0 Å². The van der Waals surface area contributed by atoms with Gasteiger partial charge in [0.1, 0.15) is 0 Å². The largest absolute Gasteiger partial charge is 0.265 e. The van der Waals surface area contributed by atoms with Crippen molar-refractivity contribution in [3.63, 3.8) is 0 Å². The average molecular weight is 618 g/mol. The molecule has 4 heteroatoms. The Morgan fingerprint density at radius 2 is 1.02 bits per heavy atom. The Morgan fingerprint density at radius 3 is 1.87 bits per heavy atom. The molecule has 0 radical (unpaired) electrons. The number of hydrogen-bond acceptors (Lipinski definition) is 4. The van der Waals surface area contributed by atoms with Crippen LogP contribution in [0.5, 0.6) is 0 Å². The first-order valence-corrected chi connectivity index (χ1v) is 16.5. The summed E-state index contributed by atoms with van der Waals surface area (Å²) in [6.45, 7) is 0. The average Bonchev–Trinajstić information content (AvgIpc) is 3.54. The highest BCUT2D eigenvalue weighted by Gasteiger charge is 2.16. The van der Waals surface area contributed by atoms with Crippen LogP contribution in [-0.2, 0) is 0 Å². The van der Waals surface area contributed by atoms with E-state index < -0.39 is 0 Å². The zero-order valence-electron chi connectivity index (χ0n) is 25.3. The van der Waals surface area contributed by atoms with Crippen molar-refractivity contribution in [2.24, 2.45) is 0 Å². The van der Waals surface area contributed by atoms with E-state index in [1.807, 2.05) is 54.1 Å². The third-order valence-corrected chi connectivity index (χ3v) is 10.00. The fourth-order valence-corrected chi connectivity index (χ4v) is 7.76. The lowest BCUT2D eigenvalue weighted by molar-refractivity contribution is 1.18. The van der Waals surface area contributed by atoms with Gasteiger partial charge < -0.3 is 0 Å². The SMILES string of the molecule is c1ccc(-c2nc(-c3ccncc3)cc(-c3cc(-c4cccc5ccccc45)cc(-c4cccc5c4sc4ccccc45)c3)n2)cc1. The monoisotopic (exact) mass is 617 g/mol. The summed E-state index contributed by atoms with van der Waals surface area (Å²) in [5.74, 6) is 0.693. The standard InChI is InChI=1S/C43H27N3S/c1-2-11-30(12-3-1)43-45-39(29-20-22-44-23-21-29)27-40(46-43)33-25-31(35-16-8-13-28-10-4-5-14-34(28)35)24-32(26-33)36-17-9-18-38-37-15-6-7-19-41(37)47-42(36)38/h1-27H. The van der Waals surface area contributed by atoms with E-state index in [9.17, 15) is 0 Å². The van der Waals surface area contributed by atoms with Crippen LogP contribution in [0.25, 0.3) is 87.1 Å². The topological polar surface area (TPSA) is 38.7 Å². The van der Waals surface area contributed by atoms with Crippen LogP contribution in [0.2, 0.25) is 0 Å². The lowest BCUT2D eigenvalue weighted by atomic mass is 9.91. The molecule has 3 heterocycles. The molecule has 0 unspecified atom stereocenters. The lowest BCUT2D eigenvalue weighted by Crippen LogP contribution is -1.96. The van der Waals surface area contributed by atoms with E-state index in [1.54, 1.807) is 0 Å². The van der Waals surface area contributed by atoms with Crippen LogP contribution in [0.15, 0.2) is 164 Å². The van der Waals surface area contributed by atoms with Gasteiger partial charge in [0.15, 0.2) is 5.82 Å². The van der Waals surface area contributed by atoms with Crippen molar-refractivity contribution >= 4 is 42.3 Å². The van der Waals surface area contributed by atoms with Crippen molar-refractivity contribution in [3.05, 3.63) is 164 Å². The minimum Gasteiger partial charge on any atom is -0.265 e. The lowest BCUT2D eigenvalue weighted by Gasteiger charge is -2.14. The molecule has 6 aromatic carbocycles. The minimum absolute atomic E-state index is 0.693. The van der Waals surface area contributed by atoms with Crippen LogP contribution >= 0.6 is 11.3 Å². The number of benzene rings is 6. The van der Waals surface area contributed by atoms with E-state index in [0.717, 1.165) is 39.2 Å². The maximum absolute atomic E-state index is 5.20. The summed E-state index contributed by atoms with van der Waals surface area (Å²) in [5.41, 5.74) is 9.48. The van der Waals surface area contributed by atoms with Crippen molar-refractivity contribution in [2.45, 2.75) is 0 Å². The normalized spacial score (nSPS) is 11.4. The van der Waals surface area contributed by atoms with E-state index >= 15 is 0 Å². The molecule has 3 nitrogen and oxygen atoms in total. The molecule has 0 saturated heterocycles. The molecule has 0 aliphatic rings. The molecule has 0 spiro atoms. The maximum atomic E-state index is 5.20. The molecular formula is C43H27N3S. The summed E-state index contributed by atoms with van der Waals surface area (Å²) < 4.78 is 2.59. The van der Waals surface area contributed by atoms with E-state index in [2.05, 4.69) is 126 Å². The van der Waals surface area contributed by atoms with Crippen molar-refractivity contribution in [2.75, 3.05) is 0 Å². The summed E-state index contributed by atoms with van der Waals surface area (Å²) in [7, 11) is 0. The minimum atomic E-state index is 0.693. The number of rotatable bonds is 5. The first kappa shape index (κ1) is 27.3. The van der Waals surface area contributed by atoms with Crippen LogP contribution in [0.1, 0.15) is 0 Å². The molecule has 47 heavy (non-hydrogen) atoms. The second-order valence-corrected chi connectivity index (χ2v) is 12.7. The van der Waals surface area contributed by atoms with Crippen LogP contribution < -0.4 is 0 Å². The first-order valence-electron chi connectivity index (χ1n) is 15.7. The van der Waals surface area contributed by atoms with Crippen molar-refractivity contribution < 1.29 is 0 Å². The zero-order valence-corrected chi connectivity index (χ0v) is 26.2. The second-order valence-electron chi connectivity index (χ2n) is 11.7.